The molecule has 1 atom stereocenters. The second-order valence-corrected chi connectivity index (χ2v) is 5.89. The van der Waals surface area contributed by atoms with Gasteiger partial charge in [0.15, 0.2) is 5.01 Å². The van der Waals surface area contributed by atoms with E-state index in [0.717, 1.165) is 32.9 Å². The maximum Gasteiger partial charge on any atom is 0.159 e. The summed E-state index contributed by atoms with van der Waals surface area (Å²) in [5.74, 6) is 0. The number of hydrogen-bond acceptors (Lipinski definition) is 5. The van der Waals surface area contributed by atoms with Gasteiger partial charge in [0.1, 0.15) is 5.01 Å². The summed E-state index contributed by atoms with van der Waals surface area (Å²) in [5, 5.41) is 16.6. The van der Waals surface area contributed by atoms with E-state index in [0.29, 0.717) is 6.04 Å². The molecule has 0 bridgehead atoms. The molecule has 17 heavy (non-hydrogen) atoms. The zero-order valence-corrected chi connectivity index (χ0v) is 12.1. The number of thiophene rings is 1. The molecule has 0 saturated heterocycles. The Labute approximate surface area is 114 Å². The number of hydrogen-bond donors (Lipinski definition) is 1. The van der Waals surface area contributed by atoms with E-state index in [1.807, 2.05) is 11.4 Å². The largest absolute Gasteiger partial charge is 0.308 e. The molecule has 0 aliphatic carbocycles. The van der Waals surface area contributed by atoms with Crippen LogP contribution in [-0.2, 0) is 0 Å². The Balaban J connectivity index is 2.24. The van der Waals surface area contributed by atoms with Crippen LogP contribution in [0.4, 0.5) is 0 Å². The predicted octanol–water partition coefficient (Wildman–Crippen LogP) is 3.98. The minimum atomic E-state index is 0.296. The minimum absolute atomic E-state index is 0.296. The second kappa shape index (κ2) is 5.91. The SMILES string of the molecule is CCNC(CC)c1nnc(-c2sccc2Cl)s1. The highest BCUT2D eigenvalue weighted by atomic mass is 35.5. The molecule has 0 aliphatic rings. The summed E-state index contributed by atoms with van der Waals surface area (Å²) in [6.07, 6.45) is 1.01. The Morgan fingerprint density at radius 3 is 2.82 bits per heavy atom. The molecule has 6 heteroatoms. The van der Waals surface area contributed by atoms with Crippen molar-refractivity contribution in [3.63, 3.8) is 0 Å². The summed E-state index contributed by atoms with van der Waals surface area (Å²) in [7, 11) is 0. The van der Waals surface area contributed by atoms with Crippen LogP contribution in [0, 0.1) is 0 Å². The Bertz CT molecular complexity index is 481. The quantitative estimate of drug-likeness (QED) is 0.904. The molecule has 0 spiro atoms. The molecule has 1 N–H and O–H groups in total. The molecule has 0 amide bonds. The number of aromatic nitrogens is 2. The highest BCUT2D eigenvalue weighted by molar-refractivity contribution is 7.21. The van der Waals surface area contributed by atoms with Gasteiger partial charge in [-0.1, -0.05) is 36.8 Å². The van der Waals surface area contributed by atoms with Crippen LogP contribution in [0.15, 0.2) is 11.4 Å². The first-order valence-electron chi connectivity index (χ1n) is 5.56. The molecule has 3 nitrogen and oxygen atoms in total. The van der Waals surface area contributed by atoms with Crippen molar-refractivity contribution in [2.45, 2.75) is 26.3 Å². The van der Waals surface area contributed by atoms with Crippen LogP contribution in [0.1, 0.15) is 31.3 Å². The molecule has 0 fully saturated rings. The molecular weight excluding hydrogens is 274 g/mol. The van der Waals surface area contributed by atoms with Crippen LogP contribution >= 0.6 is 34.3 Å². The van der Waals surface area contributed by atoms with E-state index < -0.39 is 0 Å². The average Bonchev–Trinajstić information content (AvgIpc) is 2.94. The van der Waals surface area contributed by atoms with Crippen LogP contribution in [0.25, 0.3) is 9.88 Å². The first-order chi connectivity index (χ1) is 8.26. The van der Waals surface area contributed by atoms with Gasteiger partial charge in [-0.15, -0.1) is 21.5 Å². The Morgan fingerprint density at radius 2 is 2.24 bits per heavy atom. The lowest BCUT2D eigenvalue weighted by Gasteiger charge is -2.10. The Hall–Kier alpha value is -0.490. The topological polar surface area (TPSA) is 37.8 Å². The molecule has 0 saturated carbocycles. The van der Waals surface area contributed by atoms with E-state index in [4.69, 9.17) is 11.6 Å². The van der Waals surface area contributed by atoms with Crippen LogP contribution in [0.3, 0.4) is 0 Å². The van der Waals surface area contributed by atoms with Crippen molar-refractivity contribution >= 4 is 34.3 Å². The van der Waals surface area contributed by atoms with Crippen LogP contribution in [0.2, 0.25) is 5.02 Å². The summed E-state index contributed by atoms with van der Waals surface area (Å²) in [5.41, 5.74) is 0. The molecule has 1 unspecified atom stereocenters. The van der Waals surface area contributed by atoms with Gasteiger partial charge in [-0.3, -0.25) is 0 Å². The fourth-order valence-electron chi connectivity index (χ4n) is 1.57. The van der Waals surface area contributed by atoms with E-state index in [-0.39, 0.29) is 0 Å². The molecule has 92 valence electrons. The van der Waals surface area contributed by atoms with Gasteiger partial charge < -0.3 is 5.32 Å². The van der Waals surface area contributed by atoms with Gasteiger partial charge in [-0.05, 0) is 24.4 Å². The number of rotatable bonds is 5. The lowest BCUT2D eigenvalue weighted by atomic mass is 10.2. The maximum atomic E-state index is 6.09. The maximum absolute atomic E-state index is 6.09. The van der Waals surface area contributed by atoms with Gasteiger partial charge in [0.2, 0.25) is 0 Å². The van der Waals surface area contributed by atoms with Crippen molar-refractivity contribution in [1.82, 2.24) is 15.5 Å². The minimum Gasteiger partial charge on any atom is -0.308 e. The molecule has 2 aromatic heterocycles. The van der Waals surface area contributed by atoms with Crippen LogP contribution in [0.5, 0.6) is 0 Å². The van der Waals surface area contributed by atoms with Crippen molar-refractivity contribution < 1.29 is 0 Å². The second-order valence-electron chi connectivity index (χ2n) is 3.56. The first kappa shape index (κ1) is 13.0. The Morgan fingerprint density at radius 1 is 1.41 bits per heavy atom. The summed E-state index contributed by atoms with van der Waals surface area (Å²) in [4.78, 5) is 1.02. The van der Waals surface area contributed by atoms with Gasteiger partial charge in [-0.2, -0.15) is 0 Å². The van der Waals surface area contributed by atoms with Crippen molar-refractivity contribution in [3.8, 4) is 9.88 Å². The van der Waals surface area contributed by atoms with Crippen molar-refractivity contribution in [1.29, 1.82) is 0 Å². The van der Waals surface area contributed by atoms with E-state index in [9.17, 15) is 0 Å². The van der Waals surface area contributed by atoms with E-state index in [1.54, 1.807) is 22.7 Å². The molecule has 0 radical (unpaired) electrons. The van der Waals surface area contributed by atoms with E-state index >= 15 is 0 Å². The molecule has 0 aliphatic heterocycles. The molecular formula is C11H14ClN3S2. The first-order valence-corrected chi connectivity index (χ1v) is 7.63. The van der Waals surface area contributed by atoms with Crippen LogP contribution in [-0.4, -0.2) is 16.7 Å². The fraction of sp³-hybridized carbons (Fsp3) is 0.455. The lowest BCUT2D eigenvalue weighted by molar-refractivity contribution is 0.531. The fourth-order valence-corrected chi connectivity index (χ4v) is 3.87. The van der Waals surface area contributed by atoms with Crippen LogP contribution < -0.4 is 5.32 Å². The van der Waals surface area contributed by atoms with Gasteiger partial charge >= 0.3 is 0 Å². The summed E-state index contributed by atoms with van der Waals surface area (Å²) < 4.78 is 0. The zero-order chi connectivity index (χ0) is 12.3. The average molecular weight is 288 g/mol. The molecule has 0 aromatic carbocycles. The third-order valence-corrected chi connectivity index (χ3v) is 4.94. The predicted molar refractivity (Wildman–Crippen MR) is 74.9 cm³/mol. The summed E-state index contributed by atoms with van der Waals surface area (Å²) in [6, 6.07) is 2.19. The highest BCUT2D eigenvalue weighted by Gasteiger charge is 2.16. The number of halogens is 1. The third kappa shape index (κ3) is 2.85. The van der Waals surface area contributed by atoms with Gasteiger partial charge in [-0.25, -0.2) is 0 Å². The number of nitrogens with one attached hydrogen (secondary N) is 1. The Kier molecular flexibility index (Phi) is 4.50. The van der Waals surface area contributed by atoms with Gasteiger partial charge in [0.05, 0.1) is 15.9 Å². The summed E-state index contributed by atoms with van der Waals surface area (Å²) >= 11 is 9.31. The van der Waals surface area contributed by atoms with Crippen molar-refractivity contribution in [2.24, 2.45) is 0 Å². The van der Waals surface area contributed by atoms with Gasteiger partial charge in [0.25, 0.3) is 0 Å². The third-order valence-electron chi connectivity index (χ3n) is 2.41. The molecule has 2 rings (SSSR count). The monoisotopic (exact) mass is 287 g/mol. The highest BCUT2D eigenvalue weighted by Crippen LogP contribution is 2.36. The van der Waals surface area contributed by atoms with Gasteiger partial charge in [0, 0.05) is 0 Å². The zero-order valence-electron chi connectivity index (χ0n) is 9.74. The molecule has 2 heterocycles. The van der Waals surface area contributed by atoms with E-state index in [1.165, 1.54) is 0 Å². The standard InChI is InChI=1S/C11H14ClN3S2/c1-3-8(13-4-2)10-14-15-11(17-10)9-7(12)5-6-16-9/h5-6,8,13H,3-4H2,1-2H3. The normalized spacial score (nSPS) is 12.9. The van der Waals surface area contributed by atoms with E-state index in [2.05, 4.69) is 29.4 Å². The van der Waals surface area contributed by atoms with Crippen molar-refractivity contribution in [3.05, 3.63) is 21.5 Å². The van der Waals surface area contributed by atoms with Crippen molar-refractivity contribution in [2.75, 3.05) is 6.54 Å². The number of nitrogens with zero attached hydrogens (tertiary/aromatic N) is 2. The smallest absolute Gasteiger partial charge is 0.159 e. The molecule has 2 aromatic rings. The lowest BCUT2D eigenvalue weighted by Crippen LogP contribution is -2.19. The summed E-state index contributed by atoms with van der Waals surface area (Å²) in [6.45, 7) is 5.18.